The van der Waals surface area contributed by atoms with E-state index in [-0.39, 0.29) is 23.8 Å². The fourth-order valence-corrected chi connectivity index (χ4v) is 4.03. The second kappa shape index (κ2) is 8.39. The summed E-state index contributed by atoms with van der Waals surface area (Å²) < 4.78 is 5.96. The van der Waals surface area contributed by atoms with Gasteiger partial charge in [0.05, 0.1) is 17.5 Å². The number of halogens is 1. The van der Waals surface area contributed by atoms with Gasteiger partial charge in [0.25, 0.3) is 0 Å². The van der Waals surface area contributed by atoms with E-state index in [0.29, 0.717) is 33.0 Å². The molecule has 0 radical (unpaired) electrons. The van der Waals surface area contributed by atoms with E-state index in [1.807, 2.05) is 0 Å². The first-order valence-corrected chi connectivity index (χ1v) is 10.2. The molecule has 2 aromatic carbocycles. The van der Waals surface area contributed by atoms with Crippen LogP contribution in [0, 0.1) is 5.92 Å². The average Bonchev–Trinajstić information content (AvgIpc) is 2.69. The number of hydrogen-bond donors (Lipinski definition) is 1. The van der Waals surface area contributed by atoms with Gasteiger partial charge in [0.15, 0.2) is 0 Å². The molecule has 0 unspecified atom stereocenters. The van der Waals surface area contributed by atoms with Crippen LogP contribution < -0.4 is 10.7 Å². The minimum atomic E-state index is -0.187. The van der Waals surface area contributed by atoms with Crippen molar-refractivity contribution >= 4 is 34.4 Å². The zero-order valence-electron chi connectivity index (χ0n) is 16.3. The van der Waals surface area contributed by atoms with Gasteiger partial charge in [0.2, 0.25) is 17.2 Å². The summed E-state index contributed by atoms with van der Waals surface area (Å²) in [6, 6.07) is 14.0. The summed E-state index contributed by atoms with van der Waals surface area (Å²) in [6.45, 7) is 4.29. The molecule has 0 bridgehead atoms. The van der Waals surface area contributed by atoms with Crippen LogP contribution in [-0.4, -0.2) is 30.4 Å². The van der Waals surface area contributed by atoms with Crippen molar-refractivity contribution in [1.29, 1.82) is 0 Å². The van der Waals surface area contributed by atoms with E-state index < -0.39 is 0 Å². The fraction of sp³-hybridized carbons (Fsp3) is 0.304. The van der Waals surface area contributed by atoms with Crippen LogP contribution in [0.1, 0.15) is 19.8 Å². The Morgan fingerprint density at radius 1 is 1.21 bits per heavy atom. The Balaban J connectivity index is 1.70. The number of para-hydroxylation sites is 1. The standard InChI is InChI=1S/C23H23ClN2O3/c1-15-5-4-12-26(13-15)14-20(27)25-23-21(16-8-10-17(24)11-9-16)22(28)18-6-2-3-7-19(18)29-23/h2-3,6-11,15H,4-5,12-14H2,1H3,(H,25,27)/t15-/m0/s1. The van der Waals surface area contributed by atoms with Crippen molar-refractivity contribution < 1.29 is 9.21 Å². The number of carbonyl (C=O) groups is 1. The lowest BCUT2D eigenvalue weighted by atomic mass is 10.0. The van der Waals surface area contributed by atoms with E-state index in [4.69, 9.17) is 16.0 Å². The van der Waals surface area contributed by atoms with E-state index in [0.717, 1.165) is 19.5 Å². The maximum absolute atomic E-state index is 13.2. The zero-order chi connectivity index (χ0) is 20.4. The van der Waals surface area contributed by atoms with Crippen molar-refractivity contribution in [1.82, 2.24) is 4.90 Å². The Morgan fingerprint density at radius 2 is 1.97 bits per heavy atom. The molecule has 1 atom stereocenters. The highest BCUT2D eigenvalue weighted by molar-refractivity contribution is 6.30. The number of benzene rings is 2. The van der Waals surface area contributed by atoms with Gasteiger partial charge in [-0.15, -0.1) is 0 Å². The molecule has 0 spiro atoms. The van der Waals surface area contributed by atoms with Gasteiger partial charge in [-0.25, -0.2) is 0 Å². The Hall–Kier alpha value is -2.63. The van der Waals surface area contributed by atoms with Gasteiger partial charge in [-0.1, -0.05) is 42.8 Å². The highest BCUT2D eigenvalue weighted by Crippen LogP contribution is 2.29. The molecule has 2 heterocycles. The van der Waals surface area contributed by atoms with Crippen molar-refractivity contribution in [3.05, 3.63) is 63.8 Å². The number of likely N-dealkylation sites (tertiary alicyclic amines) is 1. The molecule has 1 aliphatic rings. The van der Waals surface area contributed by atoms with Crippen molar-refractivity contribution in [2.24, 2.45) is 5.92 Å². The molecular weight excluding hydrogens is 388 g/mol. The van der Waals surface area contributed by atoms with Crippen LogP contribution in [0.2, 0.25) is 5.02 Å². The Labute approximate surface area is 174 Å². The van der Waals surface area contributed by atoms with Crippen molar-refractivity contribution in [3.8, 4) is 11.1 Å². The SMILES string of the molecule is C[C@H]1CCCN(CC(=O)Nc2oc3ccccc3c(=O)c2-c2ccc(Cl)cc2)C1. The molecule has 29 heavy (non-hydrogen) atoms. The summed E-state index contributed by atoms with van der Waals surface area (Å²) >= 11 is 6.00. The Morgan fingerprint density at radius 3 is 2.72 bits per heavy atom. The second-order valence-electron chi connectivity index (χ2n) is 7.67. The Kier molecular flexibility index (Phi) is 5.69. The molecule has 1 N–H and O–H groups in total. The third-order valence-electron chi connectivity index (χ3n) is 5.29. The van der Waals surface area contributed by atoms with E-state index >= 15 is 0 Å². The smallest absolute Gasteiger partial charge is 0.240 e. The van der Waals surface area contributed by atoms with E-state index in [9.17, 15) is 9.59 Å². The van der Waals surface area contributed by atoms with E-state index in [1.54, 1.807) is 48.5 Å². The van der Waals surface area contributed by atoms with Crippen LogP contribution in [0.25, 0.3) is 22.1 Å². The molecule has 3 aromatic rings. The number of rotatable bonds is 4. The fourth-order valence-electron chi connectivity index (χ4n) is 3.91. The minimum absolute atomic E-state index is 0.172. The first-order chi connectivity index (χ1) is 14.0. The van der Waals surface area contributed by atoms with E-state index in [2.05, 4.69) is 17.1 Å². The van der Waals surface area contributed by atoms with Gasteiger partial charge >= 0.3 is 0 Å². The van der Waals surface area contributed by atoms with Crippen LogP contribution in [0.5, 0.6) is 0 Å². The van der Waals surface area contributed by atoms with Gasteiger partial charge in [0, 0.05) is 11.6 Å². The summed E-state index contributed by atoms with van der Waals surface area (Å²) in [5.41, 5.74) is 1.24. The zero-order valence-corrected chi connectivity index (χ0v) is 17.0. The summed E-state index contributed by atoms with van der Waals surface area (Å²) in [6.07, 6.45) is 2.29. The number of nitrogens with one attached hydrogen (secondary N) is 1. The van der Waals surface area contributed by atoms with Crippen molar-refractivity contribution in [2.75, 3.05) is 25.0 Å². The summed E-state index contributed by atoms with van der Waals surface area (Å²) in [4.78, 5) is 28.1. The average molecular weight is 411 g/mol. The third kappa shape index (κ3) is 4.36. The van der Waals surface area contributed by atoms with Crippen LogP contribution in [0.3, 0.4) is 0 Å². The van der Waals surface area contributed by atoms with Gasteiger partial charge in [-0.05, 0) is 55.1 Å². The van der Waals surface area contributed by atoms with E-state index in [1.165, 1.54) is 6.42 Å². The molecule has 1 aliphatic heterocycles. The molecule has 4 rings (SSSR count). The molecule has 1 amide bonds. The lowest BCUT2D eigenvalue weighted by Gasteiger charge is -2.30. The van der Waals surface area contributed by atoms with Crippen LogP contribution in [0.15, 0.2) is 57.7 Å². The van der Waals surface area contributed by atoms with Crippen LogP contribution >= 0.6 is 11.6 Å². The minimum Gasteiger partial charge on any atom is -0.439 e. The first kappa shape index (κ1) is 19.7. The number of fused-ring (bicyclic) bond motifs is 1. The highest BCUT2D eigenvalue weighted by Gasteiger charge is 2.22. The number of piperidine rings is 1. The number of anilines is 1. The monoisotopic (exact) mass is 410 g/mol. The van der Waals surface area contributed by atoms with Gasteiger partial charge < -0.3 is 4.42 Å². The number of carbonyl (C=O) groups excluding carboxylic acids is 1. The molecular formula is C23H23ClN2O3. The predicted octanol–water partition coefficient (Wildman–Crippen LogP) is 4.78. The van der Waals surface area contributed by atoms with Gasteiger partial charge in [-0.2, -0.15) is 0 Å². The lowest BCUT2D eigenvalue weighted by molar-refractivity contribution is -0.117. The normalized spacial score (nSPS) is 17.4. The molecule has 150 valence electrons. The molecule has 0 saturated carbocycles. The molecule has 1 aromatic heterocycles. The summed E-state index contributed by atoms with van der Waals surface area (Å²) in [5, 5.41) is 3.88. The van der Waals surface area contributed by atoms with Crippen molar-refractivity contribution in [2.45, 2.75) is 19.8 Å². The number of hydrogen-bond acceptors (Lipinski definition) is 4. The third-order valence-corrected chi connectivity index (χ3v) is 5.54. The molecule has 6 heteroatoms. The van der Waals surface area contributed by atoms with Gasteiger partial charge in [-0.3, -0.25) is 19.8 Å². The lowest BCUT2D eigenvalue weighted by Crippen LogP contribution is -2.39. The number of amides is 1. The maximum Gasteiger partial charge on any atom is 0.240 e. The molecule has 5 nitrogen and oxygen atoms in total. The van der Waals surface area contributed by atoms with Gasteiger partial charge in [0.1, 0.15) is 5.58 Å². The summed E-state index contributed by atoms with van der Waals surface area (Å²) in [5.74, 6) is 0.568. The van der Waals surface area contributed by atoms with Crippen LogP contribution in [-0.2, 0) is 4.79 Å². The summed E-state index contributed by atoms with van der Waals surface area (Å²) in [7, 11) is 0. The maximum atomic E-state index is 13.2. The first-order valence-electron chi connectivity index (χ1n) is 9.85. The Bertz CT molecular complexity index is 1090. The number of nitrogens with zero attached hydrogens (tertiary/aromatic N) is 1. The molecule has 1 saturated heterocycles. The molecule has 1 fully saturated rings. The highest BCUT2D eigenvalue weighted by atomic mass is 35.5. The molecule has 0 aliphatic carbocycles. The van der Waals surface area contributed by atoms with Crippen LogP contribution in [0.4, 0.5) is 5.88 Å². The van der Waals surface area contributed by atoms with Crippen molar-refractivity contribution in [3.63, 3.8) is 0 Å². The largest absolute Gasteiger partial charge is 0.439 e. The topological polar surface area (TPSA) is 62.6 Å². The predicted molar refractivity (Wildman–Crippen MR) is 116 cm³/mol. The quantitative estimate of drug-likeness (QED) is 0.672. The second-order valence-corrected chi connectivity index (χ2v) is 8.11.